The lowest BCUT2D eigenvalue weighted by molar-refractivity contribution is 0.0766. The standard InChI is InChI=1S/C16H20N2O3/c1-10(19)8-9-18(3)16(21)14-11(2)12-6-4-5-7-13(12)17-15(14)20/h4-7,10,19H,8-9H2,1-3H3,(H,17,20). The highest BCUT2D eigenvalue weighted by atomic mass is 16.3. The van der Waals surface area contributed by atoms with Crippen LogP contribution in [0.2, 0.25) is 0 Å². The quantitative estimate of drug-likeness (QED) is 0.899. The van der Waals surface area contributed by atoms with Gasteiger partial charge < -0.3 is 15.0 Å². The number of para-hydroxylation sites is 1. The van der Waals surface area contributed by atoms with Crippen LogP contribution in [0.3, 0.4) is 0 Å². The summed E-state index contributed by atoms with van der Waals surface area (Å²) in [5, 5.41) is 10.2. The van der Waals surface area contributed by atoms with Crippen LogP contribution in [0.4, 0.5) is 0 Å². The zero-order chi connectivity index (χ0) is 15.6. The molecule has 0 fully saturated rings. The minimum Gasteiger partial charge on any atom is -0.393 e. The fraction of sp³-hybridized carbons (Fsp3) is 0.375. The van der Waals surface area contributed by atoms with Crippen LogP contribution in [0, 0.1) is 6.92 Å². The van der Waals surface area contributed by atoms with Gasteiger partial charge >= 0.3 is 0 Å². The van der Waals surface area contributed by atoms with Crippen LogP contribution < -0.4 is 5.56 Å². The molecular formula is C16H20N2O3. The summed E-state index contributed by atoms with van der Waals surface area (Å²) < 4.78 is 0. The molecular weight excluding hydrogens is 268 g/mol. The number of rotatable bonds is 4. The first-order chi connectivity index (χ1) is 9.91. The van der Waals surface area contributed by atoms with E-state index in [0.717, 1.165) is 10.9 Å². The number of nitrogens with one attached hydrogen (secondary N) is 1. The van der Waals surface area contributed by atoms with Crippen molar-refractivity contribution in [3.63, 3.8) is 0 Å². The van der Waals surface area contributed by atoms with Crippen LogP contribution in [-0.4, -0.2) is 40.6 Å². The number of fused-ring (bicyclic) bond motifs is 1. The number of aryl methyl sites for hydroxylation is 1. The maximum atomic E-state index is 12.5. The number of H-pyrrole nitrogens is 1. The number of carbonyl (C=O) groups is 1. The Hall–Kier alpha value is -2.14. The molecule has 0 saturated heterocycles. The van der Waals surface area contributed by atoms with Gasteiger partial charge in [-0.1, -0.05) is 18.2 Å². The number of nitrogens with zero attached hydrogens (tertiary/aromatic N) is 1. The molecule has 2 N–H and O–H groups in total. The van der Waals surface area contributed by atoms with Gasteiger partial charge in [0.1, 0.15) is 5.56 Å². The Morgan fingerprint density at radius 1 is 1.38 bits per heavy atom. The van der Waals surface area contributed by atoms with Crippen LogP contribution in [-0.2, 0) is 0 Å². The highest BCUT2D eigenvalue weighted by Crippen LogP contribution is 2.17. The van der Waals surface area contributed by atoms with Crippen molar-refractivity contribution in [3.8, 4) is 0 Å². The molecule has 112 valence electrons. The molecule has 1 amide bonds. The fourth-order valence-electron chi connectivity index (χ4n) is 2.34. The number of pyridine rings is 1. The van der Waals surface area contributed by atoms with E-state index in [0.29, 0.717) is 18.5 Å². The smallest absolute Gasteiger partial charge is 0.261 e. The fourth-order valence-corrected chi connectivity index (χ4v) is 2.34. The number of aliphatic hydroxyl groups excluding tert-OH is 1. The summed E-state index contributed by atoms with van der Waals surface area (Å²) in [6.07, 6.45) is 0.00323. The van der Waals surface area contributed by atoms with E-state index in [2.05, 4.69) is 4.98 Å². The molecule has 5 heteroatoms. The van der Waals surface area contributed by atoms with Crippen molar-refractivity contribution >= 4 is 16.8 Å². The predicted molar refractivity (Wildman–Crippen MR) is 82.6 cm³/mol. The first kappa shape index (κ1) is 15.3. The lowest BCUT2D eigenvalue weighted by Crippen LogP contribution is -2.34. The molecule has 5 nitrogen and oxygen atoms in total. The number of aromatic nitrogens is 1. The first-order valence-electron chi connectivity index (χ1n) is 6.97. The minimum absolute atomic E-state index is 0.168. The largest absolute Gasteiger partial charge is 0.393 e. The minimum atomic E-state index is -0.476. The zero-order valence-corrected chi connectivity index (χ0v) is 12.5. The number of aliphatic hydroxyl groups is 1. The Kier molecular flexibility index (Phi) is 4.43. The van der Waals surface area contributed by atoms with Crippen LogP contribution in [0.1, 0.15) is 29.3 Å². The molecule has 0 radical (unpaired) electrons. The molecule has 2 aromatic rings. The third kappa shape index (κ3) is 3.13. The summed E-state index contributed by atoms with van der Waals surface area (Å²) in [6.45, 7) is 3.86. The van der Waals surface area contributed by atoms with Crippen LogP contribution in [0.15, 0.2) is 29.1 Å². The SMILES string of the molecule is Cc1c(C(=O)N(C)CCC(C)O)c(=O)[nH]c2ccccc12. The Labute approximate surface area is 123 Å². The number of aromatic amines is 1. The van der Waals surface area contributed by atoms with E-state index in [9.17, 15) is 14.7 Å². The van der Waals surface area contributed by atoms with Gasteiger partial charge in [0, 0.05) is 24.5 Å². The van der Waals surface area contributed by atoms with E-state index >= 15 is 0 Å². The number of carbonyl (C=O) groups excluding carboxylic acids is 1. The van der Waals surface area contributed by atoms with Crippen LogP contribution in [0.25, 0.3) is 10.9 Å². The Bertz CT molecular complexity index is 719. The van der Waals surface area contributed by atoms with Crippen molar-refractivity contribution in [1.82, 2.24) is 9.88 Å². The molecule has 1 heterocycles. The zero-order valence-electron chi connectivity index (χ0n) is 12.5. The molecule has 0 saturated carbocycles. The van der Waals surface area contributed by atoms with Crippen molar-refractivity contribution in [2.24, 2.45) is 0 Å². The van der Waals surface area contributed by atoms with E-state index in [-0.39, 0.29) is 17.0 Å². The molecule has 0 aliphatic rings. The summed E-state index contributed by atoms with van der Waals surface area (Å²) in [5.74, 6) is -0.319. The van der Waals surface area contributed by atoms with Crippen LogP contribution >= 0.6 is 0 Å². The van der Waals surface area contributed by atoms with E-state index in [1.807, 2.05) is 24.3 Å². The molecule has 1 aromatic heterocycles. The van der Waals surface area contributed by atoms with Crippen molar-refractivity contribution in [3.05, 3.63) is 45.7 Å². The second kappa shape index (κ2) is 6.10. The van der Waals surface area contributed by atoms with E-state index < -0.39 is 6.10 Å². The summed E-state index contributed by atoms with van der Waals surface area (Å²) in [4.78, 5) is 28.9. The number of benzene rings is 1. The lowest BCUT2D eigenvalue weighted by Gasteiger charge is -2.19. The molecule has 21 heavy (non-hydrogen) atoms. The third-order valence-corrected chi connectivity index (χ3v) is 3.62. The summed E-state index contributed by atoms with van der Waals surface area (Å²) in [6, 6.07) is 7.41. The van der Waals surface area contributed by atoms with Crippen molar-refractivity contribution in [2.45, 2.75) is 26.4 Å². The third-order valence-electron chi connectivity index (χ3n) is 3.62. The van der Waals surface area contributed by atoms with Crippen molar-refractivity contribution in [2.75, 3.05) is 13.6 Å². The molecule has 1 unspecified atom stereocenters. The molecule has 1 atom stereocenters. The Morgan fingerprint density at radius 3 is 2.71 bits per heavy atom. The van der Waals surface area contributed by atoms with E-state index in [1.165, 1.54) is 4.90 Å². The summed E-state index contributed by atoms with van der Waals surface area (Å²) >= 11 is 0. The van der Waals surface area contributed by atoms with Gasteiger partial charge in [-0.15, -0.1) is 0 Å². The molecule has 0 aliphatic heterocycles. The first-order valence-corrected chi connectivity index (χ1v) is 6.97. The van der Waals surface area contributed by atoms with Gasteiger partial charge in [0.2, 0.25) is 0 Å². The molecule has 0 bridgehead atoms. The second-order valence-electron chi connectivity index (χ2n) is 5.36. The van der Waals surface area contributed by atoms with Crippen molar-refractivity contribution in [1.29, 1.82) is 0 Å². The highest BCUT2D eigenvalue weighted by Gasteiger charge is 2.20. The Balaban J connectivity index is 2.41. The predicted octanol–water partition coefficient (Wildman–Crippen LogP) is 1.68. The maximum absolute atomic E-state index is 12.5. The lowest BCUT2D eigenvalue weighted by atomic mass is 10.0. The Morgan fingerprint density at radius 2 is 2.05 bits per heavy atom. The number of amides is 1. The van der Waals surface area contributed by atoms with Crippen LogP contribution in [0.5, 0.6) is 0 Å². The summed E-state index contributed by atoms with van der Waals surface area (Å²) in [7, 11) is 1.64. The van der Waals surface area contributed by atoms with E-state index in [1.54, 1.807) is 20.9 Å². The van der Waals surface area contributed by atoms with Gasteiger partial charge in [-0.05, 0) is 31.9 Å². The second-order valence-corrected chi connectivity index (χ2v) is 5.36. The topological polar surface area (TPSA) is 73.4 Å². The molecule has 0 spiro atoms. The average molecular weight is 288 g/mol. The average Bonchev–Trinajstić information content (AvgIpc) is 2.44. The van der Waals surface area contributed by atoms with Gasteiger partial charge in [0.25, 0.3) is 11.5 Å². The van der Waals surface area contributed by atoms with Gasteiger partial charge in [-0.25, -0.2) is 0 Å². The van der Waals surface area contributed by atoms with Gasteiger partial charge in [0.15, 0.2) is 0 Å². The van der Waals surface area contributed by atoms with E-state index in [4.69, 9.17) is 0 Å². The van der Waals surface area contributed by atoms with Gasteiger partial charge in [0.05, 0.1) is 6.10 Å². The highest BCUT2D eigenvalue weighted by molar-refractivity contribution is 5.99. The molecule has 0 aliphatic carbocycles. The monoisotopic (exact) mass is 288 g/mol. The van der Waals surface area contributed by atoms with Gasteiger partial charge in [-0.3, -0.25) is 9.59 Å². The molecule has 2 rings (SSSR count). The number of hydrogen-bond acceptors (Lipinski definition) is 3. The van der Waals surface area contributed by atoms with Gasteiger partial charge in [-0.2, -0.15) is 0 Å². The number of hydrogen-bond donors (Lipinski definition) is 2. The van der Waals surface area contributed by atoms with Crippen molar-refractivity contribution < 1.29 is 9.90 Å². The normalized spacial score (nSPS) is 12.4. The summed E-state index contributed by atoms with van der Waals surface area (Å²) in [5.41, 5.74) is 1.20. The molecule has 1 aromatic carbocycles. The maximum Gasteiger partial charge on any atom is 0.261 e.